The van der Waals surface area contributed by atoms with Crippen molar-refractivity contribution in [2.24, 2.45) is 5.84 Å². The Labute approximate surface area is 107 Å². The molecular weight excluding hydrogens is 230 g/mol. The number of hydrogen-bond donors (Lipinski definition) is 4. The van der Waals surface area contributed by atoms with Gasteiger partial charge in [-0.25, -0.2) is 15.8 Å². The van der Waals surface area contributed by atoms with Gasteiger partial charge in [0.25, 0.3) is 0 Å². The molecule has 1 heterocycles. The van der Waals surface area contributed by atoms with E-state index in [1.54, 1.807) is 6.07 Å². The van der Waals surface area contributed by atoms with Crippen molar-refractivity contribution in [1.82, 2.24) is 9.97 Å². The monoisotopic (exact) mass is 251 g/mol. The SMILES string of the molecule is CC(C)c1nc(NN)cc(NCC2(O)CCC2)n1. The third-order valence-corrected chi connectivity index (χ3v) is 3.29. The summed E-state index contributed by atoms with van der Waals surface area (Å²) in [4.78, 5) is 8.69. The van der Waals surface area contributed by atoms with Crippen molar-refractivity contribution < 1.29 is 5.11 Å². The molecule has 0 saturated heterocycles. The van der Waals surface area contributed by atoms with Crippen LogP contribution in [0, 0.1) is 0 Å². The largest absolute Gasteiger partial charge is 0.388 e. The minimum absolute atomic E-state index is 0.227. The Balaban J connectivity index is 2.08. The molecule has 0 aliphatic heterocycles. The van der Waals surface area contributed by atoms with Crippen molar-refractivity contribution >= 4 is 11.6 Å². The van der Waals surface area contributed by atoms with Crippen molar-refractivity contribution in [3.8, 4) is 0 Å². The highest BCUT2D eigenvalue weighted by Crippen LogP contribution is 2.31. The van der Waals surface area contributed by atoms with Crippen LogP contribution in [-0.2, 0) is 0 Å². The topological polar surface area (TPSA) is 96.1 Å². The molecule has 5 N–H and O–H groups in total. The maximum absolute atomic E-state index is 10.0. The Morgan fingerprint density at radius 3 is 2.56 bits per heavy atom. The van der Waals surface area contributed by atoms with Crippen molar-refractivity contribution in [2.45, 2.75) is 44.6 Å². The molecule has 0 spiro atoms. The Morgan fingerprint density at radius 1 is 1.39 bits per heavy atom. The molecule has 0 atom stereocenters. The highest BCUT2D eigenvalue weighted by Gasteiger charge is 2.34. The second-order valence-corrected chi connectivity index (χ2v) is 5.23. The number of hydrazine groups is 1. The summed E-state index contributed by atoms with van der Waals surface area (Å²) >= 11 is 0. The zero-order valence-corrected chi connectivity index (χ0v) is 10.9. The van der Waals surface area contributed by atoms with Crippen LogP contribution in [0.5, 0.6) is 0 Å². The van der Waals surface area contributed by atoms with Crippen molar-refractivity contribution in [2.75, 3.05) is 17.3 Å². The van der Waals surface area contributed by atoms with E-state index in [1.165, 1.54) is 0 Å². The number of nitrogens with one attached hydrogen (secondary N) is 2. The lowest BCUT2D eigenvalue weighted by atomic mass is 9.80. The molecule has 6 heteroatoms. The van der Waals surface area contributed by atoms with Gasteiger partial charge in [-0.3, -0.25) is 0 Å². The van der Waals surface area contributed by atoms with E-state index in [2.05, 4.69) is 20.7 Å². The van der Waals surface area contributed by atoms with Crippen molar-refractivity contribution in [3.63, 3.8) is 0 Å². The summed E-state index contributed by atoms with van der Waals surface area (Å²) in [6, 6.07) is 1.74. The number of nitrogens with zero attached hydrogens (tertiary/aromatic N) is 2. The molecule has 1 aromatic rings. The number of aromatic nitrogens is 2. The molecule has 2 rings (SSSR count). The average Bonchev–Trinajstić information content (AvgIpc) is 2.33. The van der Waals surface area contributed by atoms with Crippen LogP contribution >= 0.6 is 0 Å². The first-order chi connectivity index (χ1) is 8.52. The van der Waals surface area contributed by atoms with Crippen molar-refractivity contribution in [3.05, 3.63) is 11.9 Å². The summed E-state index contributed by atoms with van der Waals surface area (Å²) in [5, 5.41) is 13.2. The number of aliphatic hydroxyl groups is 1. The number of nitrogen functional groups attached to an aromatic ring is 1. The van der Waals surface area contributed by atoms with E-state index < -0.39 is 5.60 Å². The fourth-order valence-corrected chi connectivity index (χ4v) is 1.91. The number of hydrogen-bond acceptors (Lipinski definition) is 6. The second kappa shape index (κ2) is 5.07. The van der Waals surface area contributed by atoms with Crippen LogP contribution in [0.15, 0.2) is 6.07 Å². The van der Waals surface area contributed by atoms with Crippen LogP contribution in [-0.4, -0.2) is 27.2 Å². The van der Waals surface area contributed by atoms with Crippen LogP contribution in [0.1, 0.15) is 44.9 Å². The third-order valence-electron chi connectivity index (χ3n) is 3.29. The molecular formula is C12H21N5O. The molecule has 6 nitrogen and oxygen atoms in total. The van der Waals surface area contributed by atoms with Gasteiger partial charge in [0.2, 0.25) is 0 Å². The van der Waals surface area contributed by atoms with Gasteiger partial charge in [-0.2, -0.15) is 0 Å². The van der Waals surface area contributed by atoms with E-state index in [0.29, 0.717) is 18.2 Å². The predicted octanol–water partition coefficient (Wildman–Crippen LogP) is 1.21. The quantitative estimate of drug-likeness (QED) is 0.464. The predicted molar refractivity (Wildman–Crippen MR) is 71.2 cm³/mol. The molecule has 1 aliphatic carbocycles. The Bertz CT molecular complexity index is 417. The molecule has 100 valence electrons. The summed E-state index contributed by atoms with van der Waals surface area (Å²) in [6.07, 6.45) is 2.79. The molecule has 18 heavy (non-hydrogen) atoms. The minimum atomic E-state index is -0.570. The van der Waals surface area contributed by atoms with Crippen molar-refractivity contribution in [1.29, 1.82) is 0 Å². The van der Waals surface area contributed by atoms with Gasteiger partial charge < -0.3 is 15.8 Å². The van der Waals surface area contributed by atoms with E-state index in [0.717, 1.165) is 25.1 Å². The smallest absolute Gasteiger partial charge is 0.145 e. The van der Waals surface area contributed by atoms with Gasteiger partial charge in [0.05, 0.1) is 5.60 Å². The van der Waals surface area contributed by atoms with Gasteiger partial charge >= 0.3 is 0 Å². The second-order valence-electron chi connectivity index (χ2n) is 5.23. The van der Waals surface area contributed by atoms with Crippen LogP contribution in [0.2, 0.25) is 0 Å². The van der Waals surface area contributed by atoms with Crippen LogP contribution in [0.3, 0.4) is 0 Å². The summed E-state index contributed by atoms with van der Waals surface area (Å²) in [5.74, 6) is 7.62. The highest BCUT2D eigenvalue weighted by atomic mass is 16.3. The molecule has 0 unspecified atom stereocenters. The van der Waals surface area contributed by atoms with E-state index >= 15 is 0 Å². The molecule has 1 saturated carbocycles. The number of rotatable bonds is 5. The van der Waals surface area contributed by atoms with E-state index in [9.17, 15) is 5.11 Å². The van der Waals surface area contributed by atoms with Crippen LogP contribution in [0.25, 0.3) is 0 Å². The Morgan fingerprint density at radius 2 is 2.06 bits per heavy atom. The first kappa shape index (κ1) is 13.0. The van der Waals surface area contributed by atoms with Gasteiger partial charge in [0, 0.05) is 18.5 Å². The van der Waals surface area contributed by atoms with E-state index in [-0.39, 0.29) is 5.92 Å². The van der Waals surface area contributed by atoms with Gasteiger partial charge in [-0.15, -0.1) is 0 Å². The van der Waals surface area contributed by atoms with Gasteiger partial charge in [-0.1, -0.05) is 13.8 Å². The summed E-state index contributed by atoms with van der Waals surface area (Å²) in [7, 11) is 0. The molecule has 1 aromatic heterocycles. The minimum Gasteiger partial charge on any atom is -0.388 e. The fraction of sp³-hybridized carbons (Fsp3) is 0.667. The molecule has 0 amide bonds. The summed E-state index contributed by atoms with van der Waals surface area (Å²) in [6.45, 7) is 4.57. The molecule has 0 aromatic carbocycles. The maximum atomic E-state index is 10.0. The van der Waals surface area contributed by atoms with Gasteiger partial charge in [-0.05, 0) is 19.3 Å². The Hall–Kier alpha value is -1.40. The Kier molecular flexibility index (Phi) is 3.68. The standard InChI is InChI=1S/C12H21N5O/c1-8(2)11-15-9(6-10(16-11)17-13)14-7-12(18)4-3-5-12/h6,8,18H,3-5,7,13H2,1-2H3,(H2,14,15,16,17). The maximum Gasteiger partial charge on any atom is 0.145 e. The number of nitrogens with two attached hydrogens (primary N) is 1. The van der Waals surface area contributed by atoms with Gasteiger partial charge in [0.1, 0.15) is 17.5 Å². The molecule has 0 radical (unpaired) electrons. The fourth-order valence-electron chi connectivity index (χ4n) is 1.91. The van der Waals surface area contributed by atoms with Gasteiger partial charge in [0.15, 0.2) is 0 Å². The third kappa shape index (κ3) is 2.88. The lowest BCUT2D eigenvalue weighted by molar-refractivity contribution is -0.0202. The summed E-state index contributed by atoms with van der Waals surface area (Å²) in [5.41, 5.74) is 1.96. The zero-order valence-electron chi connectivity index (χ0n) is 10.9. The molecule has 1 aliphatic rings. The lowest BCUT2D eigenvalue weighted by Gasteiger charge is -2.36. The molecule has 0 bridgehead atoms. The lowest BCUT2D eigenvalue weighted by Crippen LogP contribution is -2.43. The zero-order chi connectivity index (χ0) is 13.2. The van der Waals surface area contributed by atoms with Crippen LogP contribution < -0.4 is 16.6 Å². The first-order valence-corrected chi connectivity index (χ1v) is 6.34. The van der Waals surface area contributed by atoms with Crippen LogP contribution in [0.4, 0.5) is 11.6 Å². The number of anilines is 2. The van der Waals surface area contributed by atoms with E-state index in [4.69, 9.17) is 5.84 Å². The first-order valence-electron chi connectivity index (χ1n) is 6.34. The van der Waals surface area contributed by atoms with E-state index in [1.807, 2.05) is 13.8 Å². The summed E-state index contributed by atoms with van der Waals surface area (Å²) < 4.78 is 0. The highest BCUT2D eigenvalue weighted by molar-refractivity contribution is 5.47. The normalized spacial score (nSPS) is 17.4. The average molecular weight is 251 g/mol. The molecule has 1 fully saturated rings.